The normalized spacial score (nSPS) is 10.2. The number of benzene rings is 2. The molecule has 0 bridgehead atoms. The van der Waals surface area contributed by atoms with Gasteiger partial charge in [0.25, 0.3) is 0 Å². The zero-order valence-electron chi connectivity index (χ0n) is 10.1. The Kier molecular flexibility index (Phi) is 4.85. The van der Waals surface area contributed by atoms with E-state index in [9.17, 15) is 4.79 Å². The molecule has 3 nitrogen and oxygen atoms in total. The third kappa shape index (κ3) is 4.28. The Balaban J connectivity index is 2.13. The van der Waals surface area contributed by atoms with E-state index in [2.05, 4.69) is 5.32 Å². The molecule has 2 rings (SSSR count). The molecule has 0 aliphatic carbocycles. The summed E-state index contributed by atoms with van der Waals surface area (Å²) in [4.78, 5) is 13.3. The molecule has 0 spiro atoms. The second-order valence-corrected chi connectivity index (χ2v) is 5.42. The van der Waals surface area contributed by atoms with Gasteiger partial charge in [-0.3, -0.25) is 4.79 Å². The molecule has 5 heteroatoms. The number of carbonyl (C=O) groups is 1. The van der Waals surface area contributed by atoms with Crippen LogP contribution in [0, 0.1) is 0 Å². The van der Waals surface area contributed by atoms with E-state index in [0.717, 1.165) is 15.5 Å². The molecule has 2 aromatic rings. The van der Waals surface area contributed by atoms with Crippen LogP contribution in [-0.2, 0) is 4.79 Å². The van der Waals surface area contributed by atoms with Crippen LogP contribution in [0.15, 0.2) is 58.3 Å². The lowest BCUT2D eigenvalue weighted by Crippen LogP contribution is -2.21. The van der Waals surface area contributed by atoms with Crippen molar-refractivity contribution in [2.45, 2.75) is 9.79 Å². The van der Waals surface area contributed by atoms with Gasteiger partial charge in [0.05, 0.1) is 6.54 Å². The molecular weight excluding hydrogens is 280 g/mol. The molecule has 0 aliphatic rings. The maximum atomic E-state index is 11.2. The second-order valence-electron chi connectivity index (χ2n) is 3.84. The summed E-state index contributed by atoms with van der Waals surface area (Å²) in [6.07, 6.45) is 0. The minimum absolute atomic E-state index is 0.0222. The summed E-state index contributed by atoms with van der Waals surface area (Å²) in [6.45, 7) is -0.0222. The first-order chi connectivity index (χ1) is 9.17. The molecule has 2 aromatic carbocycles. The van der Waals surface area contributed by atoms with Crippen LogP contribution in [-0.4, -0.2) is 12.5 Å². The standard InChI is InChI=1S/C14H13ClN2OS/c15-10-3-1-5-12(7-10)19-13-6-2-4-11(8-13)17-14(18)9-16/h1-8H,9,16H2,(H,17,18). The lowest BCUT2D eigenvalue weighted by Gasteiger charge is -2.06. The fourth-order valence-electron chi connectivity index (χ4n) is 1.52. The number of nitrogens with one attached hydrogen (secondary N) is 1. The van der Waals surface area contributed by atoms with Gasteiger partial charge in [0, 0.05) is 20.5 Å². The molecule has 0 aromatic heterocycles. The monoisotopic (exact) mass is 292 g/mol. The zero-order chi connectivity index (χ0) is 13.7. The van der Waals surface area contributed by atoms with Crippen molar-refractivity contribution in [3.8, 4) is 0 Å². The van der Waals surface area contributed by atoms with Gasteiger partial charge in [0.1, 0.15) is 0 Å². The van der Waals surface area contributed by atoms with Crippen LogP contribution in [0.4, 0.5) is 5.69 Å². The van der Waals surface area contributed by atoms with E-state index in [-0.39, 0.29) is 12.5 Å². The number of anilines is 1. The average molecular weight is 293 g/mol. The van der Waals surface area contributed by atoms with E-state index < -0.39 is 0 Å². The minimum Gasteiger partial charge on any atom is -0.325 e. The molecule has 0 radical (unpaired) electrons. The largest absolute Gasteiger partial charge is 0.325 e. The van der Waals surface area contributed by atoms with E-state index in [1.807, 2.05) is 48.5 Å². The molecule has 98 valence electrons. The van der Waals surface area contributed by atoms with Crippen LogP contribution < -0.4 is 11.1 Å². The SMILES string of the molecule is NCC(=O)Nc1cccc(Sc2cccc(Cl)c2)c1. The maximum absolute atomic E-state index is 11.2. The zero-order valence-corrected chi connectivity index (χ0v) is 11.7. The van der Waals surface area contributed by atoms with Crippen molar-refractivity contribution in [3.63, 3.8) is 0 Å². The highest BCUT2D eigenvalue weighted by Gasteiger charge is 2.02. The summed E-state index contributed by atoms with van der Waals surface area (Å²) in [5, 5.41) is 3.43. The predicted molar refractivity (Wildman–Crippen MR) is 79.7 cm³/mol. The number of halogens is 1. The lowest BCUT2D eigenvalue weighted by molar-refractivity contribution is -0.114. The van der Waals surface area contributed by atoms with Crippen molar-refractivity contribution in [1.29, 1.82) is 0 Å². The Morgan fingerprint density at radius 1 is 1.16 bits per heavy atom. The van der Waals surface area contributed by atoms with Crippen molar-refractivity contribution in [1.82, 2.24) is 0 Å². The number of amides is 1. The van der Waals surface area contributed by atoms with Gasteiger partial charge < -0.3 is 11.1 Å². The molecule has 3 N–H and O–H groups in total. The molecule has 0 saturated carbocycles. The van der Waals surface area contributed by atoms with Crippen molar-refractivity contribution >= 4 is 35.0 Å². The van der Waals surface area contributed by atoms with Crippen molar-refractivity contribution < 1.29 is 4.79 Å². The van der Waals surface area contributed by atoms with Gasteiger partial charge in [-0.15, -0.1) is 0 Å². The molecule has 0 heterocycles. The van der Waals surface area contributed by atoms with E-state index in [0.29, 0.717) is 5.02 Å². The Morgan fingerprint density at radius 2 is 1.84 bits per heavy atom. The highest BCUT2D eigenvalue weighted by molar-refractivity contribution is 7.99. The topological polar surface area (TPSA) is 55.1 Å². The number of hydrogen-bond donors (Lipinski definition) is 2. The summed E-state index contributed by atoms with van der Waals surface area (Å²) in [5.41, 5.74) is 6.00. The van der Waals surface area contributed by atoms with Crippen molar-refractivity contribution in [2.75, 3.05) is 11.9 Å². The van der Waals surface area contributed by atoms with Crippen LogP contribution in [0.2, 0.25) is 5.02 Å². The van der Waals surface area contributed by atoms with Crippen LogP contribution in [0.25, 0.3) is 0 Å². The van der Waals surface area contributed by atoms with E-state index in [4.69, 9.17) is 17.3 Å². The first-order valence-corrected chi connectivity index (χ1v) is 6.90. The van der Waals surface area contributed by atoms with Crippen LogP contribution >= 0.6 is 23.4 Å². The maximum Gasteiger partial charge on any atom is 0.238 e. The van der Waals surface area contributed by atoms with E-state index >= 15 is 0 Å². The van der Waals surface area contributed by atoms with E-state index in [1.54, 1.807) is 11.8 Å². The number of hydrogen-bond acceptors (Lipinski definition) is 3. The summed E-state index contributed by atoms with van der Waals surface area (Å²) in [7, 11) is 0. The summed E-state index contributed by atoms with van der Waals surface area (Å²) in [5.74, 6) is -0.204. The van der Waals surface area contributed by atoms with Gasteiger partial charge in [0.2, 0.25) is 5.91 Å². The molecule has 19 heavy (non-hydrogen) atoms. The summed E-state index contributed by atoms with van der Waals surface area (Å²) < 4.78 is 0. The fourth-order valence-corrected chi connectivity index (χ4v) is 2.71. The number of rotatable bonds is 4. The quantitative estimate of drug-likeness (QED) is 0.908. The van der Waals surface area contributed by atoms with Gasteiger partial charge >= 0.3 is 0 Å². The molecule has 0 saturated heterocycles. The van der Waals surface area contributed by atoms with Gasteiger partial charge in [0.15, 0.2) is 0 Å². The van der Waals surface area contributed by atoms with Gasteiger partial charge in [-0.2, -0.15) is 0 Å². The van der Waals surface area contributed by atoms with Gasteiger partial charge in [-0.1, -0.05) is 35.5 Å². The molecule has 0 atom stereocenters. The Bertz CT molecular complexity index is 589. The first-order valence-electron chi connectivity index (χ1n) is 5.71. The Labute approximate surface area is 121 Å². The van der Waals surface area contributed by atoms with Crippen molar-refractivity contribution in [3.05, 3.63) is 53.6 Å². The van der Waals surface area contributed by atoms with E-state index in [1.165, 1.54) is 0 Å². The number of nitrogens with two attached hydrogens (primary N) is 1. The second kappa shape index (κ2) is 6.61. The van der Waals surface area contributed by atoms with Crippen LogP contribution in [0.1, 0.15) is 0 Å². The first kappa shape index (κ1) is 13.9. The summed E-state index contributed by atoms with van der Waals surface area (Å²) >= 11 is 7.53. The Morgan fingerprint density at radius 3 is 2.53 bits per heavy atom. The van der Waals surface area contributed by atoms with Crippen molar-refractivity contribution in [2.24, 2.45) is 5.73 Å². The van der Waals surface area contributed by atoms with Crippen LogP contribution in [0.3, 0.4) is 0 Å². The summed E-state index contributed by atoms with van der Waals surface area (Å²) in [6, 6.07) is 15.2. The molecule has 0 fully saturated rings. The fraction of sp³-hybridized carbons (Fsp3) is 0.0714. The molecule has 0 aliphatic heterocycles. The number of carbonyl (C=O) groups excluding carboxylic acids is 1. The third-order valence-electron chi connectivity index (χ3n) is 2.33. The molecule has 0 unspecified atom stereocenters. The molecule has 1 amide bonds. The lowest BCUT2D eigenvalue weighted by atomic mass is 10.3. The minimum atomic E-state index is -0.204. The third-order valence-corrected chi connectivity index (χ3v) is 3.55. The smallest absolute Gasteiger partial charge is 0.238 e. The van der Waals surface area contributed by atoms with Gasteiger partial charge in [-0.05, 0) is 36.4 Å². The highest BCUT2D eigenvalue weighted by Crippen LogP contribution is 2.30. The molecular formula is C14H13ClN2OS. The Hall–Kier alpha value is -1.49. The average Bonchev–Trinajstić information content (AvgIpc) is 2.39. The predicted octanol–water partition coefficient (Wildman–Crippen LogP) is 3.39. The van der Waals surface area contributed by atoms with Crippen LogP contribution in [0.5, 0.6) is 0 Å². The van der Waals surface area contributed by atoms with Gasteiger partial charge in [-0.25, -0.2) is 0 Å². The highest BCUT2D eigenvalue weighted by atomic mass is 35.5.